The minimum absolute atomic E-state index is 0.418. The Morgan fingerprint density at radius 3 is 2.81 bits per heavy atom. The molecule has 0 amide bonds. The van der Waals surface area contributed by atoms with Crippen molar-refractivity contribution < 1.29 is 5.11 Å². The molecule has 2 aromatic rings. The van der Waals surface area contributed by atoms with Crippen LogP contribution in [0.2, 0.25) is 0 Å². The first-order chi connectivity index (χ1) is 7.68. The Balaban J connectivity index is 2.57. The second-order valence-corrected chi connectivity index (χ2v) is 3.99. The van der Waals surface area contributed by atoms with E-state index in [0.29, 0.717) is 0 Å². The first kappa shape index (κ1) is 10.8. The van der Waals surface area contributed by atoms with Gasteiger partial charge in [0, 0.05) is 17.1 Å². The standard InChI is InChI=1S/C14H15NO/c1-10(11(2)16)9-13-6-3-5-12-7-4-8-15-14(12)13/h3-9,11,16H,1-2H3/b10-9+. The predicted octanol–water partition coefficient (Wildman–Crippen LogP) is 3.02. The first-order valence-electron chi connectivity index (χ1n) is 5.38. The molecule has 1 unspecified atom stereocenters. The van der Waals surface area contributed by atoms with Crippen LogP contribution in [-0.4, -0.2) is 16.2 Å². The number of fused-ring (bicyclic) bond motifs is 1. The Labute approximate surface area is 95.3 Å². The summed E-state index contributed by atoms with van der Waals surface area (Å²) in [4.78, 5) is 4.37. The highest BCUT2D eigenvalue weighted by Crippen LogP contribution is 2.19. The van der Waals surface area contributed by atoms with Crippen LogP contribution in [0.15, 0.2) is 42.1 Å². The van der Waals surface area contributed by atoms with Gasteiger partial charge >= 0.3 is 0 Å². The molecule has 0 radical (unpaired) electrons. The van der Waals surface area contributed by atoms with E-state index in [0.717, 1.165) is 22.0 Å². The molecule has 0 spiro atoms. The molecule has 0 fully saturated rings. The lowest BCUT2D eigenvalue weighted by Crippen LogP contribution is -2.00. The molecule has 2 nitrogen and oxygen atoms in total. The highest BCUT2D eigenvalue weighted by atomic mass is 16.3. The summed E-state index contributed by atoms with van der Waals surface area (Å²) in [6.07, 6.45) is 3.36. The fourth-order valence-electron chi connectivity index (χ4n) is 1.61. The van der Waals surface area contributed by atoms with Crippen LogP contribution in [-0.2, 0) is 0 Å². The minimum atomic E-state index is -0.418. The summed E-state index contributed by atoms with van der Waals surface area (Å²) >= 11 is 0. The Bertz CT molecular complexity index is 524. The molecular formula is C14H15NO. The molecule has 2 rings (SSSR count). The molecular weight excluding hydrogens is 198 g/mol. The zero-order chi connectivity index (χ0) is 11.5. The van der Waals surface area contributed by atoms with Crippen LogP contribution in [0.25, 0.3) is 17.0 Å². The van der Waals surface area contributed by atoms with Crippen molar-refractivity contribution in [1.29, 1.82) is 0 Å². The first-order valence-corrected chi connectivity index (χ1v) is 5.38. The number of pyridine rings is 1. The fraction of sp³-hybridized carbons (Fsp3) is 0.214. The predicted molar refractivity (Wildman–Crippen MR) is 67.1 cm³/mol. The van der Waals surface area contributed by atoms with E-state index in [1.165, 1.54) is 0 Å². The number of hydrogen-bond acceptors (Lipinski definition) is 2. The lowest BCUT2D eigenvalue weighted by molar-refractivity contribution is 0.232. The van der Waals surface area contributed by atoms with Gasteiger partial charge < -0.3 is 5.11 Å². The van der Waals surface area contributed by atoms with Gasteiger partial charge in [-0.25, -0.2) is 0 Å². The molecule has 0 saturated carbocycles. The zero-order valence-corrected chi connectivity index (χ0v) is 9.51. The molecule has 1 N–H and O–H groups in total. The van der Waals surface area contributed by atoms with Crippen molar-refractivity contribution in [3.63, 3.8) is 0 Å². The second-order valence-electron chi connectivity index (χ2n) is 3.99. The van der Waals surface area contributed by atoms with Crippen molar-refractivity contribution in [3.8, 4) is 0 Å². The number of aliphatic hydroxyl groups is 1. The van der Waals surface area contributed by atoms with Gasteiger partial charge in [0.2, 0.25) is 0 Å². The van der Waals surface area contributed by atoms with Crippen LogP contribution in [0.1, 0.15) is 19.4 Å². The second kappa shape index (κ2) is 4.45. The monoisotopic (exact) mass is 213 g/mol. The molecule has 2 heteroatoms. The van der Waals surface area contributed by atoms with Crippen molar-refractivity contribution in [2.24, 2.45) is 0 Å². The number of aromatic nitrogens is 1. The largest absolute Gasteiger partial charge is 0.389 e. The van der Waals surface area contributed by atoms with E-state index in [1.54, 1.807) is 13.1 Å². The molecule has 1 atom stereocenters. The normalized spacial score (nSPS) is 14.1. The maximum atomic E-state index is 9.47. The number of aliphatic hydroxyl groups excluding tert-OH is 1. The van der Waals surface area contributed by atoms with Crippen LogP contribution >= 0.6 is 0 Å². The number of hydrogen-bond donors (Lipinski definition) is 1. The molecule has 0 saturated heterocycles. The summed E-state index contributed by atoms with van der Waals surface area (Å²) in [5, 5.41) is 10.6. The molecule has 1 aromatic heterocycles. The van der Waals surface area contributed by atoms with Crippen LogP contribution < -0.4 is 0 Å². The molecule has 0 aliphatic carbocycles. The van der Waals surface area contributed by atoms with Crippen molar-refractivity contribution in [3.05, 3.63) is 47.7 Å². The third-order valence-corrected chi connectivity index (χ3v) is 2.71. The topological polar surface area (TPSA) is 33.1 Å². The average Bonchev–Trinajstić information content (AvgIpc) is 2.29. The third-order valence-electron chi connectivity index (χ3n) is 2.71. The van der Waals surface area contributed by atoms with Gasteiger partial charge in [0.15, 0.2) is 0 Å². The highest BCUT2D eigenvalue weighted by molar-refractivity contribution is 5.87. The Morgan fingerprint density at radius 1 is 1.31 bits per heavy atom. The number of nitrogens with zero attached hydrogens (tertiary/aromatic N) is 1. The Hall–Kier alpha value is -1.67. The summed E-state index contributed by atoms with van der Waals surface area (Å²) in [6.45, 7) is 3.69. The zero-order valence-electron chi connectivity index (χ0n) is 9.51. The van der Waals surface area contributed by atoms with Crippen molar-refractivity contribution in [2.45, 2.75) is 20.0 Å². The van der Waals surface area contributed by atoms with Gasteiger partial charge in [0.25, 0.3) is 0 Å². The van der Waals surface area contributed by atoms with Gasteiger partial charge in [-0.2, -0.15) is 0 Å². The smallest absolute Gasteiger partial charge is 0.0774 e. The van der Waals surface area contributed by atoms with Crippen LogP contribution in [0, 0.1) is 0 Å². The minimum Gasteiger partial charge on any atom is -0.389 e. The van der Waals surface area contributed by atoms with Gasteiger partial charge in [-0.15, -0.1) is 0 Å². The van der Waals surface area contributed by atoms with E-state index in [9.17, 15) is 5.11 Å². The Kier molecular flexibility index (Phi) is 3.02. The van der Waals surface area contributed by atoms with Crippen LogP contribution in [0.4, 0.5) is 0 Å². The summed E-state index contributed by atoms with van der Waals surface area (Å²) < 4.78 is 0. The lowest BCUT2D eigenvalue weighted by Gasteiger charge is -2.06. The van der Waals surface area contributed by atoms with E-state index in [4.69, 9.17) is 0 Å². The number of para-hydroxylation sites is 1. The van der Waals surface area contributed by atoms with E-state index >= 15 is 0 Å². The molecule has 0 aliphatic heterocycles. The molecule has 1 heterocycles. The lowest BCUT2D eigenvalue weighted by atomic mass is 10.1. The van der Waals surface area contributed by atoms with Gasteiger partial charge in [-0.05, 0) is 25.5 Å². The maximum Gasteiger partial charge on any atom is 0.0774 e. The summed E-state index contributed by atoms with van der Waals surface area (Å²) in [7, 11) is 0. The molecule has 0 bridgehead atoms. The van der Waals surface area contributed by atoms with Crippen molar-refractivity contribution in [2.75, 3.05) is 0 Å². The molecule has 16 heavy (non-hydrogen) atoms. The summed E-state index contributed by atoms with van der Waals surface area (Å²) in [5.74, 6) is 0. The van der Waals surface area contributed by atoms with Crippen LogP contribution in [0.5, 0.6) is 0 Å². The maximum absolute atomic E-state index is 9.47. The quantitative estimate of drug-likeness (QED) is 0.831. The highest BCUT2D eigenvalue weighted by Gasteiger charge is 2.02. The fourth-order valence-corrected chi connectivity index (χ4v) is 1.61. The van der Waals surface area contributed by atoms with Gasteiger partial charge in [0.1, 0.15) is 0 Å². The number of benzene rings is 1. The molecule has 82 valence electrons. The van der Waals surface area contributed by atoms with E-state index in [2.05, 4.69) is 4.98 Å². The third kappa shape index (κ3) is 2.12. The van der Waals surface area contributed by atoms with Gasteiger partial charge in [-0.1, -0.05) is 30.3 Å². The Morgan fingerprint density at radius 2 is 2.06 bits per heavy atom. The SMILES string of the molecule is C/C(=C\c1cccc2cccnc12)C(C)O. The van der Waals surface area contributed by atoms with Gasteiger partial charge in [-0.3, -0.25) is 4.98 Å². The molecule has 1 aromatic carbocycles. The summed E-state index contributed by atoms with van der Waals surface area (Å²) in [5.41, 5.74) is 2.97. The van der Waals surface area contributed by atoms with Crippen molar-refractivity contribution in [1.82, 2.24) is 4.98 Å². The average molecular weight is 213 g/mol. The van der Waals surface area contributed by atoms with Crippen molar-refractivity contribution >= 4 is 17.0 Å². The van der Waals surface area contributed by atoms with E-state index < -0.39 is 6.10 Å². The summed E-state index contributed by atoms with van der Waals surface area (Å²) in [6, 6.07) is 10.0. The molecule has 0 aliphatic rings. The van der Waals surface area contributed by atoms with E-state index in [-0.39, 0.29) is 0 Å². The number of rotatable bonds is 2. The van der Waals surface area contributed by atoms with Crippen LogP contribution in [0.3, 0.4) is 0 Å². The van der Waals surface area contributed by atoms with E-state index in [1.807, 2.05) is 43.3 Å². The van der Waals surface area contributed by atoms with Gasteiger partial charge in [0.05, 0.1) is 11.6 Å².